The summed E-state index contributed by atoms with van der Waals surface area (Å²) in [6.07, 6.45) is 3.56. The number of pyridine rings is 1. The largest absolute Gasteiger partial charge is 0.497 e. The highest BCUT2D eigenvalue weighted by molar-refractivity contribution is 7.22. The minimum Gasteiger partial charge on any atom is -0.497 e. The van der Waals surface area contributed by atoms with E-state index < -0.39 is 0 Å². The van der Waals surface area contributed by atoms with E-state index in [1.165, 1.54) is 4.68 Å². The maximum absolute atomic E-state index is 10.8. The second kappa shape index (κ2) is 8.97. The van der Waals surface area contributed by atoms with Crippen LogP contribution in [0.15, 0.2) is 60.9 Å². The zero-order valence-corrected chi connectivity index (χ0v) is 19.8. The summed E-state index contributed by atoms with van der Waals surface area (Å²) in [6, 6.07) is 15.1. The molecule has 0 amide bonds. The number of hydrogen-bond acceptors (Lipinski definition) is 9. The van der Waals surface area contributed by atoms with Crippen molar-refractivity contribution in [2.24, 2.45) is 0 Å². The molecular weight excluding hydrogens is 464 g/mol. The van der Waals surface area contributed by atoms with Crippen LogP contribution >= 0.6 is 11.3 Å². The molecule has 35 heavy (non-hydrogen) atoms. The van der Waals surface area contributed by atoms with Crippen LogP contribution < -0.4 is 9.64 Å². The van der Waals surface area contributed by atoms with Crippen LogP contribution in [0.2, 0.25) is 0 Å². The smallest absolute Gasteiger partial charge is 0.256 e. The van der Waals surface area contributed by atoms with Crippen LogP contribution in [-0.4, -0.2) is 63.3 Å². The molecule has 1 N–H and O–H groups in total. The molecule has 0 bridgehead atoms. The van der Waals surface area contributed by atoms with E-state index in [9.17, 15) is 5.11 Å². The van der Waals surface area contributed by atoms with Gasteiger partial charge in [-0.2, -0.15) is 14.8 Å². The molecule has 1 aliphatic rings. The Bertz CT molecular complexity index is 1490. The van der Waals surface area contributed by atoms with E-state index in [-0.39, 0.29) is 5.88 Å². The Labute approximate surface area is 205 Å². The van der Waals surface area contributed by atoms with Crippen molar-refractivity contribution in [3.63, 3.8) is 0 Å². The number of hydrogen-bond donors (Lipinski definition) is 1. The topological polar surface area (TPSA) is 98.4 Å². The fourth-order valence-corrected chi connectivity index (χ4v) is 5.21. The number of aromatic hydroxyl groups is 1. The van der Waals surface area contributed by atoms with E-state index >= 15 is 0 Å². The van der Waals surface area contributed by atoms with Crippen molar-refractivity contribution in [1.29, 1.82) is 0 Å². The third-order valence-corrected chi connectivity index (χ3v) is 7.03. The number of nitrogens with zero attached hydrogens (tertiary/aromatic N) is 6. The van der Waals surface area contributed by atoms with Gasteiger partial charge in [-0.25, -0.2) is 4.98 Å². The molecule has 6 rings (SSSR count). The molecule has 4 aromatic heterocycles. The molecule has 1 aliphatic heterocycles. The van der Waals surface area contributed by atoms with Gasteiger partial charge in [0.2, 0.25) is 5.88 Å². The van der Waals surface area contributed by atoms with Crippen LogP contribution in [-0.2, 0) is 4.74 Å². The number of thiophene rings is 1. The minimum absolute atomic E-state index is 0.0420. The van der Waals surface area contributed by atoms with Gasteiger partial charge in [-0.3, -0.25) is 4.98 Å². The summed E-state index contributed by atoms with van der Waals surface area (Å²) in [5.41, 5.74) is 3.29. The van der Waals surface area contributed by atoms with Crippen molar-refractivity contribution >= 4 is 27.4 Å². The molecule has 10 heteroatoms. The van der Waals surface area contributed by atoms with Crippen LogP contribution in [0, 0.1) is 0 Å². The van der Waals surface area contributed by atoms with Crippen LogP contribution in [0.1, 0.15) is 0 Å². The summed E-state index contributed by atoms with van der Waals surface area (Å²) >= 11 is 1.64. The lowest BCUT2D eigenvalue weighted by Gasteiger charge is -2.28. The molecule has 0 saturated carbocycles. The Morgan fingerprint density at radius 1 is 1.00 bits per heavy atom. The Balaban J connectivity index is 1.48. The minimum atomic E-state index is -0.0420. The lowest BCUT2D eigenvalue weighted by atomic mass is 10.1. The maximum Gasteiger partial charge on any atom is 0.256 e. The van der Waals surface area contributed by atoms with Crippen LogP contribution in [0.4, 0.5) is 5.82 Å². The molecule has 1 aromatic carbocycles. The monoisotopic (exact) mass is 486 g/mol. The van der Waals surface area contributed by atoms with Gasteiger partial charge in [-0.1, -0.05) is 12.1 Å². The van der Waals surface area contributed by atoms with Crippen LogP contribution in [0.3, 0.4) is 0 Å². The SMILES string of the molecule is COc1cccc(-c2cc(O)n(-c3nc(N4CCOCC4)c4sc(-c5ccncc5)cc4n3)n2)c1. The van der Waals surface area contributed by atoms with Gasteiger partial charge in [0.25, 0.3) is 5.95 Å². The Morgan fingerprint density at radius 3 is 2.63 bits per heavy atom. The van der Waals surface area contributed by atoms with Crippen molar-refractivity contribution in [2.75, 3.05) is 38.3 Å². The molecule has 0 aliphatic carbocycles. The number of ether oxygens (including phenoxy) is 2. The Morgan fingerprint density at radius 2 is 1.83 bits per heavy atom. The first-order valence-corrected chi connectivity index (χ1v) is 12.0. The van der Waals surface area contributed by atoms with Gasteiger partial charge in [0.05, 0.1) is 36.2 Å². The van der Waals surface area contributed by atoms with Crippen molar-refractivity contribution < 1.29 is 14.6 Å². The number of morpholine rings is 1. The zero-order valence-electron chi connectivity index (χ0n) is 19.0. The number of anilines is 1. The second-order valence-corrected chi connectivity index (χ2v) is 9.09. The van der Waals surface area contributed by atoms with Crippen molar-refractivity contribution in [3.8, 4) is 39.3 Å². The van der Waals surface area contributed by atoms with Gasteiger partial charge in [-0.05, 0) is 35.9 Å². The normalized spacial score (nSPS) is 13.9. The molecule has 9 nitrogen and oxygen atoms in total. The summed E-state index contributed by atoms with van der Waals surface area (Å²) in [6.45, 7) is 2.73. The molecule has 176 valence electrons. The number of rotatable bonds is 5. The highest BCUT2D eigenvalue weighted by Crippen LogP contribution is 2.38. The summed E-state index contributed by atoms with van der Waals surface area (Å²) in [7, 11) is 1.62. The number of fused-ring (bicyclic) bond motifs is 1. The van der Waals surface area contributed by atoms with Crippen molar-refractivity contribution in [2.45, 2.75) is 0 Å². The highest BCUT2D eigenvalue weighted by atomic mass is 32.1. The van der Waals surface area contributed by atoms with Crippen molar-refractivity contribution in [3.05, 3.63) is 60.9 Å². The lowest BCUT2D eigenvalue weighted by Crippen LogP contribution is -2.37. The van der Waals surface area contributed by atoms with E-state index in [2.05, 4.69) is 15.0 Å². The van der Waals surface area contributed by atoms with Crippen LogP contribution in [0.5, 0.6) is 11.6 Å². The van der Waals surface area contributed by atoms with Crippen molar-refractivity contribution in [1.82, 2.24) is 24.7 Å². The molecular formula is C25H22N6O3S. The molecule has 1 saturated heterocycles. The van der Waals surface area contributed by atoms with Gasteiger partial charge in [0, 0.05) is 42.0 Å². The van der Waals surface area contributed by atoms with Gasteiger partial charge in [0.1, 0.15) is 5.75 Å². The predicted molar refractivity (Wildman–Crippen MR) is 134 cm³/mol. The number of benzene rings is 1. The molecule has 1 fully saturated rings. The summed E-state index contributed by atoms with van der Waals surface area (Å²) in [4.78, 5) is 17.1. The van der Waals surface area contributed by atoms with Gasteiger partial charge in [-0.15, -0.1) is 11.3 Å². The Hall–Kier alpha value is -4.02. The molecule has 0 spiro atoms. The van der Waals surface area contributed by atoms with E-state index in [0.717, 1.165) is 45.1 Å². The molecule has 0 radical (unpaired) electrons. The van der Waals surface area contributed by atoms with E-state index in [1.807, 2.05) is 42.5 Å². The van der Waals surface area contributed by atoms with E-state index in [1.54, 1.807) is 36.9 Å². The fraction of sp³-hybridized carbons (Fsp3) is 0.200. The average Bonchev–Trinajstić information content (AvgIpc) is 3.53. The van der Waals surface area contributed by atoms with Gasteiger partial charge in [0.15, 0.2) is 5.82 Å². The van der Waals surface area contributed by atoms with Crippen LogP contribution in [0.25, 0.3) is 37.9 Å². The zero-order chi connectivity index (χ0) is 23.8. The molecule has 0 unspecified atom stereocenters. The first kappa shape index (κ1) is 21.5. The Kier molecular flexibility index (Phi) is 5.51. The fourth-order valence-electron chi connectivity index (χ4n) is 4.09. The quantitative estimate of drug-likeness (QED) is 0.396. The number of aromatic nitrogens is 5. The summed E-state index contributed by atoms with van der Waals surface area (Å²) < 4.78 is 13.2. The first-order valence-electron chi connectivity index (χ1n) is 11.2. The predicted octanol–water partition coefficient (Wildman–Crippen LogP) is 4.16. The highest BCUT2D eigenvalue weighted by Gasteiger charge is 2.22. The summed E-state index contributed by atoms with van der Waals surface area (Å²) in [5, 5.41) is 15.4. The summed E-state index contributed by atoms with van der Waals surface area (Å²) in [5.74, 6) is 1.80. The second-order valence-electron chi connectivity index (χ2n) is 8.04. The molecule has 5 aromatic rings. The third-order valence-electron chi connectivity index (χ3n) is 5.86. The first-order chi connectivity index (χ1) is 17.2. The standard InChI is InChI=1S/C25H22N6O3S/c1-33-18-4-2-3-17(13-18)19-15-22(32)31(29-19)25-27-20-14-21(16-5-7-26-8-6-16)35-23(20)24(28-25)30-9-11-34-12-10-30/h2-8,13-15,32H,9-12H2,1H3. The van der Waals surface area contributed by atoms with E-state index in [4.69, 9.17) is 19.4 Å². The lowest BCUT2D eigenvalue weighted by molar-refractivity contribution is 0.122. The van der Waals surface area contributed by atoms with Gasteiger partial charge < -0.3 is 19.5 Å². The molecule has 0 atom stereocenters. The number of methoxy groups -OCH3 is 1. The van der Waals surface area contributed by atoms with E-state index in [0.29, 0.717) is 30.6 Å². The third kappa shape index (κ3) is 4.07. The van der Waals surface area contributed by atoms with Gasteiger partial charge >= 0.3 is 0 Å². The molecule has 5 heterocycles. The maximum atomic E-state index is 10.8. The average molecular weight is 487 g/mol.